The molecule has 0 spiro atoms. The minimum atomic E-state index is -0.0804. The number of para-hydroxylation sites is 2. The third-order valence-corrected chi connectivity index (χ3v) is 11.5. The van der Waals surface area contributed by atoms with Crippen LogP contribution in [0.15, 0.2) is 158 Å². The summed E-state index contributed by atoms with van der Waals surface area (Å²) < 4.78 is 5.08. The van der Waals surface area contributed by atoms with Crippen LogP contribution < -0.4 is 4.90 Å². The van der Waals surface area contributed by atoms with Gasteiger partial charge in [-0.1, -0.05) is 98.8 Å². The summed E-state index contributed by atoms with van der Waals surface area (Å²) in [6.45, 7) is 4.71. The van der Waals surface area contributed by atoms with E-state index in [9.17, 15) is 0 Å². The van der Waals surface area contributed by atoms with Gasteiger partial charge in [0.1, 0.15) is 0 Å². The highest BCUT2D eigenvalue weighted by Gasteiger charge is 2.35. The maximum absolute atomic E-state index is 2.43. The summed E-state index contributed by atoms with van der Waals surface area (Å²) in [5.74, 6) is 0. The van der Waals surface area contributed by atoms with Gasteiger partial charge in [-0.25, -0.2) is 0 Å². The summed E-state index contributed by atoms with van der Waals surface area (Å²) in [6.07, 6.45) is 0. The van der Waals surface area contributed by atoms with Crippen LogP contribution in [0.25, 0.3) is 58.8 Å². The zero-order valence-corrected chi connectivity index (χ0v) is 27.6. The molecule has 0 aliphatic heterocycles. The highest BCUT2D eigenvalue weighted by molar-refractivity contribution is 7.26. The van der Waals surface area contributed by atoms with Crippen molar-refractivity contribution in [3.05, 3.63) is 169 Å². The lowest BCUT2D eigenvalue weighted by atomic mass is 9.82. The predicted molar refractivity (Wildman–Crippen MR) is 206 cm³/mol. The van der Waals surface area contributed by atoms with E-state index in [1.54, 1.807) is 0 Å². The maximum atomic E-state index is 2.43. The molecule has 0 fully saturated rings. The standard InChI is InChI=1S/C45H32N2S/c1-45(2)37-19-11-9-17-33(37)34-23-21-32(28-38(34)45)46(29-13-5-3-6-14-29)31-22-24-39-36(27-31)43-40(47(39)30-15-7-4-8-16-30)25-26-42-44(43)35-18-10-12-20-41(35)48-42/h3-28H,1-2H3. The quantitative estimate of drug-likeness (QED) is 0.187. The fourth-order valence-electron chi connectivity index (χ4n) is 8.16. The van der Waals surface area contributed by atoms with Crippen LogP contribution in [0.4, 0.5) is 17.1 Å². The van der Waals surface area contributed by atoms with E-state index in [4.69, 9.17) is 0 Å². The molecule has 2 heterocycles. The van der Waals surface area contributed by atoms with Gasteiger partial charge in [0.05, 0.1) is 11.0 Å². The summed E-state index contributed by atoms with van der Waals surface area (Å²) >= 11 is 1.88. The Hall–Kier alpha value is -5.64. The van der Waals surface area contributed by atoms with E-state index in [1.807, 2.05) is 11.3 Å². The highest BCUT2D eigenvalue weighted by Crippen LogP contribution is 2.51. The zero-order chi connectivity index (χ0) is 32.0. The molecule has 0 saturated heterocycles. The van der Waals surface area contributed by atoms with E-state index in [0.29, 0.717) is 0 Å². The van der Waals surface area contributed by atoms with Gasteiger partial charge in [0, 0.05) is 59.1 Å². The van der Waals surface area contributed by atoms with E-state index in [0.717, 1.165) is 17.1 Å². The third-order valence-electron chi connectivity index (χ3n) is 10.4. The van der Waals surface area contributed by atoms with Gasteiger partial charge in [-0.15, -0.1) is 11.3 Å². The monoisotopic (exact) mass is 632 g/mol. The van der Waals surface area contributed by atoms with E-state index in [-0.39, 0.29) is 5.41 Å². The van der Waals surface area contributed by atoms with Crippen molar-refractivity contribution in [3.8, 4) is 16.8 Å². The Kier molecular flexibility index (Phi) is 5.82. The molecule has 10 rings (SSSR count). The second-order valence-corrected chi connectivity index (χ2v) is 14.5. The minimum absolute atomic E-state index is 0.0804. The number of hydrogen-bond donors (Lipinski definition) is 0. The first-order chi connectivity index (χ1) is 23.6. The van der Waals surface area contributed by atoms with Gasteiger partial charge in [0.2, 0.25) is 0 Å². The SMILES string of the molecule is CC1(C)c2ccccc2-c2ccc(N(c3ccccc3)c3ccc4c(c3)c3c5c(ccc3n4-c3ccccc3)sc3ccccc35)cc21. The van der Waals surface area contributed by atoms with Crippen molar-refractivity contribution in [1.29, 1.82) is 0 Å². The van der Waals surface area contributed by atoms with Crippen LogP contribution in [0.2, 0.25) is 0 Å². The first kappa shape index (κ1) is 27.5. The van der Waals surface area contributed by atoms with Gasteiger partial charge in [-0.2, -0.15) is 0 Å². The van der Waals surface area contributed by atoms with Crippen molar-refractivity contribution in [3.63, 3.8) is 0 Å². The lowest BCUT2D eigenvalue weighted by Crippen LogP contribution is -2.16. The predicted octanol–water partition coefficient (Wildman–Crippen LogP) is 12.9. The van der Waals surface area contributed by atoms with E-state index >= 15 is 0 Å². The fourth-order valence-corrected chi connectivity index (χ4v) is 9.28. The van der Waals surface area contributed by atoms with Crippen molar-refractivity contribution in [1.82, 2.24) is 4.57 Å². The van der Waals surface area contributed by atoms with Gasteiger partial charge in [-0.05, 0) is 95.1 Å². The average molecular weight is 633 g/mol. The molecule has 0 amide bonds. The molecule has 9 aromatic rings. The van der Waals surface area contributed by atoms with Crippen LogP contribution in [0.3, 0.4) is 0 Å². The molecule has 3 heteroatoms. The Morgan fingerprint density at radius 1 is 0.479 bits per heavy atom. The largest absolute Gasteiger partial charge is 0.310 e. The first-order valence-corrected chi connectivity index (χ1v) is 17.4. The number of benzene rings is 7. The summed E-state index contributed by atoms with van der Waals surface area (Å²) in [5.41, 5.74) is 12.4. The van der Waals surface area contributed by atoms with E-state index in [1.165, 1.54) is 69.9 Å². The second-order valence-electron chi connectivity index (χ2n) is 13.4. The number of rotatable bonds is 4. The molecule has 0 bridgehead atoms. The van der Waals surface area contributed by atoms with Gasteiger partial charge in [0.15, 0.2) is 0 Å². The molecule has 48 heavy (non-hydrogen) atoms. The number of aromatic nitrogens is 1. The molecule has 0 saturated carbocycles. The van der Waals surface area contributed by atoms with E-state index in [2.05, 4.69) is 181 Å². The number of thiophene rings is 1. The van der Waals surface area contributed by atoms with Gasteiger partial charge < -0.3 is 9.47 Å². The van der Waals surface area contributed by atoms with Crippen molar-refractivity contribution in [2.75, 3.05) is 4.90 Å². The fraction of sp³-hybridized carbons (Fsp3) is 0.0667. The van der Waals surface area contributed by atoms with Crippen LogP contribution in [0, 0.1) is 0 Å². The number of anilines is 3. The third kappa shape index (κ3) is 3.85. The van der Waals surface area contributed by atoms with Gasteiger partial charge in [0.25, 0.3) is 0 Å². The molecule has 0 atom stereocenters. The Morgan fingerprint density at radius 2 is 1.15 bits per heavy atom. The van der Waals surface area contributed by atoms with Crippen LogP contribution in [0.5, 0.6) is 0 Å². The molecule has 0 radical (unpaired) electrons. The van der Waals surface area contributed by atoms with Crippen LogP contribution in [-0.4, -0.2) is 4.57 Å². The molecule has 228 valence electrons. The van der Waals surface area contributed by atoms with Crippen molar-refractivity contribution >= 4 is 70.4 Å². The van der Waals surface area contributed by atoms with E-state index < -0.39 is 0 Å². The molecule has 1 aliphatic carbocycles. The van der Waals surface area contributed by atoms with Gasteiger partial charge in [-0.3, -0.25) is 0 Å². The van der Waals surface area contributed by atoms with Crippen molar-refractivity contribution in [2.24, 2.45) is 0 Å². The molecular formula is C45H32N2S. The first-order valence-electron chi connectivity index (χ1n) is 16.6. The molecule has 7 aromatic carbocycles. The average Bonchev–Trinajstić information content (AvgIpc) is 3.75. The number of nitrogens with zero attached hydrogens (tertiary/aromatic N) is 2. The lowest BCUT2D eigenvalue weighted by molar-refractivity contribution is 0.660. The maximum Gasteiger partial charge on any atom is 0.0548 e. The molecular weight excluding hydrogens is 601 g/mol. The van der Waals surface area contributed by atoms with Crippen molar-refractivity contribution in [2.45, 2.75) is 19.3 Å². The summed E-state index contributed by atoms with van der Waals surface area (Å²) in [4.78, 5) is 2.43. The lowest BCUT2D eigenvalue weighted by Gasteiger charge is -2.28. The zero-order valence-electron chi connectivity index (χ0n) is 26.8. The summed E-state index contributed by atoms with van der Waals surface area (Å²) in [6, 6.07) is 58.0. The number of fused-ring (bicyclic) bond motifs is 10. The van der Waals surface area contributed by atoms with Gasteiger partial charge >= 0.3 is 0 Å². The highest BCUT2D eigenvalue weighted by atomic mass is 32.1. The molecule has 0 unspecified atom stereocenters. The van der Waals surface area contributed by atoms with Crippen LogP contribution in [0.1, 0.15) is 25.0 Å². The Balaban J connectivity index is 1.26. The summed E-state index contributed by atoms with van der Waals surface area (Å²) in [7, 11) is 0. The second kappa shape index (κ2) is 10.2. The van der Waals surface area contributed by atoms with Crippen LogP contribution in [-0.2, 0) is 5.41 Å². The molecule has 1 aliphatic rings. The normalized spacial score (nSPS) is 13.4. The molecule has 2 nitrogen and oxygen atoms in total. The minimum Gasteiger partial charge on any atom is -0.310 e. The Bertz CT molecular complexity index is 2700. The van der Waals surface area contributed by atoms with Crippen molar-refractivity contribution < 1.29 is 0 Å². The Morgan fingerprint density at radius 3 is 2.00 bits per heavy atom. The molecule has 2 aromatic heterocycles. The smallest absolute Gasteiger partial charge is 0.0548 e. The topological polar surface area (TPSA) is 8.17 Å². The Labute approximate surface area is 283 Å². The summed E-state index contributed by atoms with van der Waals surface area (Å²) in [5, 5.41) is 5.23. The van der Waals surface area contributed by atoms with Crippen LogP contribution >= 0.6 is 11.3 Å². The molecule has 0 N–H and O–H groups in total. The number of hydrogen-bond acceptors (Lipinski definition) is 2.